The number of nitrogens with two attached hydrogens (primary N) is 1. The molecule has 1 amide bonds. The molecule has 15 heavy (non-hydrogen) atoms. The summed E-state index contributed by atoms with van der Waals surface area (Å²) in [5, 5.41) is 0. The minimum atomic E-state index is -0.462. The number of nitrogens with zero attached hydrogens (tertiary/aromatic N) is 1. The van der Waals surface area contributed by atoms with Crippen molar-refractivity contribution in [2.45, 2.75) is 0 Å². The maximum absolute atomic E-state index is 11.0. The molecule has 0 saturated carbocycles. The van der Waals surface area contributed by atoms with Crippen molar-refractivity contribution in [2.24, 2.45) is 10.7 Å². The van der Waals surface area contributed by atoms with Crippen LogP contribution in [0.4, 0.5) is 0 Å². The fourth-order valence-corrected chi connectivity index (χ4v) is 1.28. The number of aliphatic imine (C=N–C) groups is 1. The van der Waals surface area contributed by atoms with Gasteiger partial charge >= 0.3 is 0 Å². The molecule has 0 radical (unpaired) electrons. The monoisotopic (exact) mass is 202 g/mol. The van der Waals surface area contributed by atoms with Crippen LogP contribution in [0, 0.1) is 0 Å². The Morgan fingerprint density at radius 3 is 3.13 bits per heavy atom. The molecule has 0 aromatic heterocycles. The topological polar surface area (TPSA) is 64.7 Å². The first-order chi connectivity index (χ1) is 7.27. The van der Waals surface area contributed by atoms with E-state index in [4.69, 9.17) is 10.5 Å². The number of benzene rings is 1. The van der Waals surface area contributed by atoms with Crippen molar-refractivity contribution < 1.29 is 9.53 Å². The van der Waals surface area contributed by atoms with Gasteiger partial charge in [-0.15, -0.1) is 0 Å². The van der Waals surface area contributed by atoms with Crippen LogP contribution in [0.2, 0.25) is 0 Å². The van der Waals surface area contributed by atoms with Crippen molar-refractivity contribution in [2.75, 3.05) is 6.61 Å². The van der Waals surface area contributed by atoms with Crippen LogP contribution in [0.5, 0.6) is 5.75 Å². The van der Waals surface area contributed by atoms with E-state index >= 15 is 0 Å². The van der Waals surface area contributed by atoms with Crippen molar-refractivity contribution in [1.82, 2.24) is 0 Å². The van der Waals surface area contributed by atoms with Crippen molar-refractivity contribution in [3.05, 3.63) is 41.6 Å². The molecule has 0 fully saturated rings. The van der Waals surface area contributed by atoms with Gasteiger partial charge in [0, 0.05) is 23.5 Å². The van der Waals surface area contributed by atoms with E-state index in [1.807, 2.05) is 0 Å². The van der Waals surface area contributed by atoms with Gasteiger partial charge in [-0.3, -0.25) is 9.79 Å². The molecule has 1 aromatic rings. The predicted octanol–water partition coefficient (Wildman–Crippen LogP) is 1.11. The lowest BCUT2D eigenvalue weighted by Crippen LogP contribution is -2.11. The van der Waals surface area contributed by atoms with Gasteiger partial charge in [-0.25, -0.2) is 0 Å². The van der Waals surface area contributed by atoms with E-state index in [0.29, 0.717) is 17.9 Å². The van der Waals surface area contributed by atoms with Gasteiger partial charge in [0.25, 0.3) is 0 Å². The second-order valence-corrected chi connectivity index (χ2v) is 3.09. The summed E-state index contributed by atoms with van der Waals surface area (Å²) in [5.41, 5.74) is 6.45. The molecule has 0 atom stereocenters. The van der Waals surface area contributed by atoms with Crippen molar-refractivity contribution in [3.8, 4) is 5.75 Å². The Bertz CT molecular complexity index is 450. The normalized spacial score (nSPS) is 13.6. The number of fused-ring (bicyclic) bond motifs is 1. The molecule has 1 aliphatic heterocycles. The summed E-state index contributed by atoms with van der Waals surface area (Å²) in [6.45, 7) is 0.437. The summed E-state index contributed by atoms with van der Waals surface area (Å²) in [7, 11) is 0. The highest BCUT2D eigenvalue weighted by molar-refractivity contribution is 5.95. The Hall–Kier alpha value is -2.10. The fourth-order valence-electron chi connectivity index (χ4n) is 1.28. The third-order valence-electron chi connectivity index (χ3n) is 2.04. The molecule has 2 rings (SSSR count). The average molecular weight is 202 g/mol. The zero-order valence-corrected chi connectivity index (χ0v) is 8.01. The van der Waals surface area contributed by atoms with Gasteiger partial charge in [0.05, 0.1) is 0 Å². The smallest absolute Gasteiger partial charge is 0.248 e. The molecular weight excluding hydrogens is 192 g/mol. The molecule has 0 spiro atoms. The SMILES string of the molecule is NC(=O)c1ccc2c(c1)OCC=CN=C2. The second-order valence-electron chi connectivity index (χ2n) is 3.09. The van der Waals surface area contributed by atoms with Gasteiger partial charge in [-0.2, -0.15) is 0 Å². The average Bonchev–Trinajstić information content (AvgIpc) is 2.18. The Balaban J connectivity index is 2.44. The maximum atomic E-state index is 11.0. The molecule has 1 heterocycles. The molecular formula is C11H10N2O2. The Morgan fingerprint density at radius 2 is 2.33 bits per heavy atom. The van der Waals surface area contributed by atoms with Crippen LogP contribution in [0.25, 0.3) is 0 Å². The molecule has 1 aliphatic rings. The lowest BCUT2D eigenvalue weighted by atomic mass is 10.1. The van der Waals surface area contributed by atoms with Gasteiger partial charge in [-0.05, 0) is 24.3 Å². The van der Waals surface area contributed by atoms with Crippen LogP contribution >= 0.6 is 0 Å². The lowest BCUT2D eigenvalue weighted by Gasteiger charge is -2.09. The van der Waals surface area contributed by atoms with E-state index in [1.165, 1.54) is 0 Å². The summed E-state index contributed by atoms with van der Waals surface area (Å²) < 4.78 is 5.43. The van der Waals surface area contributed by atoms with E-state index in [9.17, 15) is 4.79 Å². The molecule has 0 unspecified atom stereocenters. The number of primary amides is 1. The second kappa shape index (κ2) is 3.96. The fraction of sp³-hybridized carbons (Fsp3) is 0.0909. The number of ether oxygens (including phenoxy) is 1. The number of rotatable bonds is 1. The molecule has 0 aliphatic carbocycles. The number of amides is 1. The first-order valence-corrected chi connectivity index (χ1v) is 4.52. The molecule has 4 nitrogen and oxygen atoms in total. The first-order valence-electron chi connectivity index (χ1n) is 4.52. The van der Waals surface area contributed by atoms with Gasteiger partial charge in [-0.1, -0.05) is 0 Å². The third-order valence-corrected chi connectivity index (χ3v) is 2.04. The largest absolute Gasteiger partial charge is 0.489 e. The molecule has 0 saturated heterocycles. The summed E-state index contributed by atoms with van der Waals surface area (Å²) in [6, 6.07) is 5.04. The summed E-state index contributed by atoms with van der Waals surface area (Å²) in [5.74, 6) is 0.162. The first kappa shape index (κ1) is 9.45. The van der Waals surface area contributed by atoms with E-state index in [2.05, 4.69) is 4.99 Å². The maximum Gasteiger partial charge on any atom is 0.248 e. The van der Waals surface area contributed by atoms with Crippen molar-refractivity contribution in [1.29, 1.82) is 0 Å². The van der Waals surface area contributed by atoms with Crippen LogP contribution in [0.3, 0.4) is 0 Å². The summed E-state index contributed by atoms with van der Waals surface area (Å²) in [4.78, 5) is 15.0. The highest BCUT2D eigenvalue weighted by atomic mass is 16.5. The van der Waals surface area contributed by atoms with E-state index in [0.717, 1.165) is 5.56 Å². The van der Waals surface area contributed by atoms with Crippen molar-refractivity contribution >= 4 is 12.1 Å². The van der Waals surface area contributed by atoms with E-state index in [-0.39, 0.29) is 0 Å². The van der Waals surface area contributed by atoms with Gasteiger partial charge < -0.3 is 10.5 Å². The van der Waals surface area contributed by atoms with Gasteiger partial charge in [0.1, 0.15) is 12.4 Å². The van der Waals surface area contributed by atoms with Crippen LogP contribution in [0.15, 0.2) is 35.5 Å². The Kier molecular flexibility index (Phi) is 2.49. The lowest BCUT2D eigenvalue weighted by molar-refractivity contribution is 0.1000. The summed E-state index contributed by atoms with van der Waals surface area (Å²) in [6.07, 6.45) is 5.14. The highest BCUT2D eigenvalue weighted by Gasteiger charge is 2.07. The molecule has 1 aromatic carbocycles. The van der Waals surface area contributed by atoms with E-state index < -0.39 is 5.91 Å². The quantitative estimate of drug-likeness (QED) is 0.741. The van der Waals surface area contributed by atoms with E-state index in [1.54, 1.807) is 36.7 Å². The zero-order valence-electron chi connectivity index (χ0n) is 8.01. The van der Waals surface area contributed by atoms with Gasteiger partial charge in [0.15, 0.2) is 0 Å². The third kappa shape index (κ3) is 2.04. The van der Waals surface area contributed by atoms with Gasteiger partial charge in [0.2, 0.25) is 5.91 Å². The van der Waals surface area contributed by atoms with Crippen LogP contribution < -0.4 is 10.5 Å². The van der Waals surface area contributed by atoms with Crippen molar-refractivity contribution in [3.63, 3.8) is 0 Å². The molecule has 0 bridgehead atoms. The predicted molar refractivity (Wildman–Crippen MR) is 57.2 cm³/mol. The Labute approximate surface area is 87.1 Å². The number of hydrogen-bond acceptors (Lipinski definition) is 3. The number of hydrogen-bond donors (Lipinski definition) is 1. The number of carbonyl (C=O) groups is 1. The minimum absolute atomic E-state index is 0.437. The minimum Gasteiger partial charge on any atom is -0.489 e. The Morgan fingerprint density at radius 1 is 1.47 bits per heavy atom. The van der Waals surface area contributed by atoms with Crippen LogP contribution in [-0.2, 0) is 0 Å². The molecule has 76 valence electrons. The number of carbonyl (C=O) groups excluding carboxylic acids is 1. The standard InChI is InChI=1S/C11H10N2O2/c12-11(14)8-2-3-9-7-13-4-1-5-15-10(9)6-8/h1-4,6-7H,5H2,(H2,12,14). The zero-order chi connectivity index (χ0) is 10.7. The van der Waals surface area contributed by atoms with Crippen LogP contribution in [-0.4, -0.2) is 18.7 Å². The summed E-state index contributed by atoms with van der Waals surface area (Å²) >= 11 is 0. The molecule has 4 heteroatoms. The molecule has 2 N–H and O–H groups in total. The van der Waals surface area contributed by atoms with Crippen LogP contribution in [0.1, 0.15) is 15.9 Å². The highest BCUT2D eigenvalue weighted by Crippen LogP contribution is 2.19.